The van der Waals surface area contributed by atoms with Gasteiger partial charge in [-0.2, -0.15) is 0 Å². The van der Waals surface area contributed by atoms with Gasteiger partial charge in [-0.3, -0.25) is 4.79 Å². The molecule has 2 aliphatic rings. The number of benzene rings is 1. The van der Waals surface area contributed by atoms with Gasteiger partial charge >= 0.3 is 0 Å². The van der Waals surface area contributed by atoms with Crippen molar-refractivity contribution in [3.8, 4) is 0 Å². The summed E-state index contributed by atoms with van der Waals surface area (Å²) in [6, 6.07) is 10.6. The number of fused-ring (bicyclic) bond motifs is 1. The van der Waals surface area contributed by atoms with Crippen LogP contribution >= 0.6 is 11.3 Å². The maximum atomic E-state index is 12.8. The van der Waals surface area contributed by atoms with Crippen molar-refractivity contribution in [3.63, 3.8) is 0 Å². The topological polar surface area (TPSA) is 49.3 Å². The lowest BCUT2D eigenvalue weighted by Crippen LogP contribution is -2.46. The normalized spacial score (nSPS) is 22.6. The molecule has 1 atom stereocenters. The molecule has 2 aliphatic heterocycles. The number of carbonyl (C=O) groups excluding carboxylic acids is 1. The van der Waals surface area contributed by atoms with E-state index in [4.69, 9.17) is 4.98 Å². The lowest BCUT2D eigenvalue weighted by molar-refractivity contribution is -0.132. The van der Waals surface area contributed by atoms with Crippen molar-refractivity contribution in [1.29, 1.82) is 0 Å². The summed E-state index contributed by atoms with van der Waals surface area (Å²) in [5.74, 6) is 1.12. The van der Waals surface area contributed by atoms with Gasteiger partial charge in [0, 0.05) is 31.6 Å². The number of amides is 1. The van der Waals surface area contributed by atoms with E-state index in [0.717, 1.165) is 61.5 Å². The second-order valence-corrected chi connectivity index (χ2v) is 9.32. The fraction of sp³-hybridized carbons (Fsp3) is 0.435. The Labute approximate surface area is 175 Å². The number of rotatable bonds is 3. The molecule has 150 valence electrons. The van der Waals surface area contributed by atoms with Crippen molar-refractivity contribution < 1.29 is 4.79 Å². The summed E-state index contributed by atoms with van der Waals surface area (Å²) >= 11 is 1.68. The Morgan fingerprint density at radius 2 is 1.97 bits per heavy atom. The zero-order valence-electron chi connectivity index (χ0n) is 16.8. The molecule has 1 aromatic carbocycles. The monoisotopic (exact) mass is 406 g/mol. The van der Waals surface area contributed by atoms with Crippen molar-refractivity contribution >= 4 is 33.4 Å². The first-order valence-corrected chi connectivity index (χ1v) is 11.3. The number of hydrogen-bond acceptors (Lipinski definition) is 5. The molecule has 6 heteroatoms. The zero-order chi connectivity index (χ0) is 19.8. The van der Waals surface area contributed by atoms with Gasteiger partial charge in [-0.25, -0.2) is 9.97 Å². The highest BCUT2D eigenvalue weighted by molar-refractivity contribution is 7.17. The summed E-state index contributed by atoms with van der Waals surface area (Å²) < 4.78 is 1.13. The van der Waals surface area contributed by atoms with E-state index >= 15 is 0 Å². The van der Waals surface area contributed by atoms with E-state index in [1.54, 1.807) is 11.3 Å². The van der Waals surface area contributed by atoms with Gasteiger partial charge in [0.1, 0.15) is 0 Å². The van der Waals surface area contributed by atoms with Crippen LogP contribution in [-0.4, -0.2) is 39.4 Å². The Hall–Kier alpha value is -2.47. The predicted octanol–water partition coefficient (Wildman–Crippen LogP) is 4.55. The van der Waals surface area contributed by atoms with E-state index < -0.39 is 0 Å². The van der Waals surface area contributed by atoms with Gasteiger partial charge in [0.15, 0.2) is 0 Å². The first-order valence-electron chi connectivity index (χ1n) is 10.4. The molecule has 0 unspecified atom stereocenters. The number of aromatic nitrogens is 2. The number of thiophene rings is 1. The Balaban J connectivity index is 1.36. The lowest BCUT2D eigenvalue weighted by Gasteiger charge is -2.38. The molecule has 1 amide bonds. The first kappa shape index (κ1) is 18.6. The quantitative estimate of drug-likeness (QED) is 0.640. The van der Waals surface area contributed by atoms with Crippen LogP contribution in [0, 0.1) is 6.92 Å². The molecule has 5 nitrogen and oxygen atoms in total. The van der Waals surface area contributed by atoms with Crippen molar-refractivity contribution in [2.75, 3.05) is 18.0 Å². The van der Waals surface area contributed by atoms with Crippen molar-refractivity contribution in [1.82, 2.24) is 14.9 Å². The molecule has 0 saturated carbocycles. The highest BCUT2D eigenvalue weighted by Gasteiger charge is 2.45. The highest BCUT2D eigenvalue weighted by Crippen LogP contribution is 2.40. The van der Waals surface area contributed by atoms with Crippen LogP contribution in [0.25, 0.3) is 10.2 Å². The van der Waals surface area contributed by atoms with Crippen LogP contribution in [-0.2, 0) is 11.3 Å². The van der Waals surface area contributed by atoms with Crippen LogP contribution in [0.3, 0.4) is 0 Å². The SMILES string of the molecule is Cc1ccc(CN2C(=O)CC[C@]23CCCN(c2ncc4sccc4n2)CC3)cc1. The van der Waals surface area contributed by atoms with Crippen LogP contribution in [0.2, 0.25) is 0 Å². The molecule has 5 rings (SSSR count). The third-order valence-electron chi connectivity index (χ3n) is 6.53. The molecule has 0 bridgehead atoms. The smallest absolute Gasteiger partial charge is 0.225 e. The molecule has 2 saturated heterocycles. The van der Waals surface area contributed by atoms with Gasteiger partial charge in [-0.1, -0.05) is 29.8 Å². The Morgan fingerprint density at radius 3 is 2.83 bits per heavy atom. The van der Waals surface area contributed by atoms with Crippen LogP contribution in [0.1, 0.15) is 43.2 Å². The zero-order valence-corrected chi connectivity index (χ0v) is 17.6. The number of carbonyl (C=O) groups is 1. The highest BCUT2D eigenvalue weighted by atomic mass is 32.1. The minimum Gasteiger partial charge on any atom is -0.341 e. The maximum absolute atomic E-state index is 12.8. The summed E-state index contributed by atoms with van der Waals surface area (Å²) in [5, 5.41) is 2.06. The average Bonchev–Trinajstić information content (AvgIpc) is 3.24. The molecule has 2 aromatic heterocycles. The molecule has 3 aromatic rings. The molecule has 2 fully saturated rings. The minimum atomic E-state index is -0.0246. The number of aryl methyl sites for hydroxylation is 1. The van der Waals surface area contributed by atoms with E-state index in [9.17, 15) is 4.79 Å². The second kappa shape index (κ2) is 7.41. The Morgan fingerprint density at radius 1 is 1.10 bits per heavy atom. The summed E-state index contributed by atoms with van der Waals surface area (Å²) in [4.78, 5) is 26.6. The third-order valence-corrected chi connectivity index (χ3v) is 7.37. The average molecular weight is 407 g/mol. The molecule has 4 heterocycles. The standard InChI is InChI=1S/C23H26N4OS/c1-17-3-5-18(6-4-17)16-27-21(28)7-10-23(27)9-2-12-26(13-11-23)22-24-15-20-19(25-22)8-14-29-20/h3-6,8,14-15H,2,7,9-13,16H2,1H3/t23-/m0/s1. The molecule has 0 radical (unpaired) electrons. The second-order valence-electron chi connectivity index (χ2n) is 8.37. The number of anilines is 1. The molecule has 0 N–H and O–H groups in total. The van der Waals surface area contributed by atoms with Crippen LogP contribution < -0.4 is 4.90 Å². The predicted molar refractivity (Wildman–Crippen MR) is 117 cm³/mol. The summed E-state index contributed by atoms with van der Waals surface area (Å²) in [5.41, 5.74) is 3.47. The van der Waals surface area contributed by atoms with Crippen molar-refractivity contribution in [3.05, 3.63) is 53.0 Å². The van der Waals surface area contributed by atoms with Crippen molar-refractivity contribution in [2.24, 2.45) is 0 Å². The van der Waals surface area contributed by atoms with Gasteiger partial charge < -0.3 is 9.80 Å². The maximum Gasteiger partial charge on any atom is 0.225 e. The molecule has 0 aliphatic carbocycles. The molecular weight excluding hydrogens is 380 g/mol. The van der Waals surface area contributed by atoms with E-state index in [1.165, 1.54) is 11.1 Å². The van der Waals surface area contributed by atoms with Gasteiger partial charge in [0.25, 0.3) is 0 Å². The first-order chi connectivity index (χ1) is 14.1. The molecular formula is C23H26N4OS. The van der Waals surface area contributed by atoms with E-state index in [-0.39, 0.29) is 5.54 Å². The minimum absolute atomic E-state index is 0.0246. The van der Waals surface area contributed by atoms with Gasteiger partial charge in [-0.05, 0) is 49.6 Å². The summed E-state index contributed by atoms with van der Waals surface area (Å²) in [6.45, 7) is 4.66. The third kappa shape index (κ3) is 3.50. The fourth-order valence-corrected chi connectivity index (χ4v) is 5.50. The number of likely N-dealkylation sites (tertiary alicyclic amines) is 1. The fourth-order valence-electron chi connectivity index (χ4n) is 4.81. The largest absolute Gasteiger partial charge is 0.341 e. The lowest BCUT2D eigenvalue weighted by atomic mass is 9.87. The van der Waals surface area contributed by atoms with Crippen LogP contribution in [0.15, 0.2) is 41.9 Å². The summed E-state index contributed by atoms with van der Waals surface area (Å²) in [6.07, 6.45) is 6.67. The Kier molecular flexibility index (Phi) is 4.74. The van der Waals surface area contributed by atoms with Crippen LogP contribution in [0.4, 0.5) is 5.95 Å². The van der Waals surface area contributed by atoms with Crippen LogP contribution in [0.5, 0.6) is 0 Å². The van der Waals surface area contributed by atoms with Gasteiger partial charge in [-0.15, -0.1) is 11.3 Å². The van der Waals surface area contributed by atoms with Crippen molar-refractivity contribution in [2.45, 2.75) is 51.1 Å². The van der Waals surface area contributed by atoms with E-state index in [0.29, 0.717) is 12.3 Å². The van der Waals surface area contributed by atoms with Gasteiger partial charge in [0.2, 0.25) is 11.9 Å². The summed E-state index contributed by atoms with van der Waals surface area (Å²) in [7, 11) is 0. The van der Waals surface area contributed by atoms with Gasteiger partial charge in [0.05, 0.1) is 16.4 Å². The molecule has 29 heavy (non-hydrogen) atoms. The Bertz CT molecular complexity index is 1030. The van der Waals surface area contributed by atoms with E-state index in [1.807, 2.05) is 6.20 Å². The number of nitrogens with zero attached hydrogens (tertiary/aromatic N) is 4. The molecule has 1 spiro atoms. The van der Waals surface area contributed by atoms with E-state index in [2.05, 4.69) is 57.4 Å². The number of hydrogen-bond donors (Lipinski definition) is 0.